The fourth-order valence-electron chi connectivity index (χ4n) is 2.54. The van der Waals surface area contributed by atoms with Crippen molar-refractivity contribution < 1.29 is 4.79 Å². The minimum absolute atomic E-state index is 0.144. The molecule has 3 rings (SSSR count). The van der Waals surface area contributed by atoms with Crippen LogP contribution in [0.3, 0.4) is 0 Å². The maximum absolute atomic E-state index is 12.6. The van der Waals surface area contributed by atoms with Crippen LogP contribution in [-0.2, 0) is 13.1 Å². The van der Waals surface area contributed by atoms with Crippen LogP contribution in [0, 0.1) is 0 Å². The molecule has 0 aliphatic rings. The van der Waals surface area contributed by atoms with E-state index >= 15 is 0 Å². The molecule has 0 saturated carbocycles. The second-order valence-electron chi connectivity index (χ2n) is 5.74. The number of benzene rings is 1. The van der Waals surface area contributed by atoms with Gasteiger partial charge in [0.25, 0.3) is 5.91 Å². The molecule has 118 valence electrons. The van der Waals surface area contributed by atoms with Gasteiger partial charge in [-0.25, -0.2) is 4.98 Å². The van der Waals surface area contributed by atoms with Crippen LogP contribution in [0.25, 0.3) is 5.65 Å². The van der Waals surface area contributed by atoms with Crippen molar-refractivity contribution in [1.29, 1.82) is 0 Å². The van der Waals surface area contributed by atoms with Gasteiger partial charge < -0.3 is 14.6 Å². The predicted molar refractivity (Wildman–Crippen MR) is 90.2 cm³/mol. The van der Waals surface area contributed by atoms with Gasteiger partial charge in [-0.1, -0.05) is 36.4 Å². The molecular weight excluding hydrogens is 288 g/mol. The standard InChI is InChI=1S/C18H20N4O/c1-21(2)13-15-17(20-16-10-6-7-11-22(15)16)18(23)19-12-14-8-4-3-5-9-14/h3-11H,12-13H2,1-2H3,(H,19,23). The molecule has 0 radical (unpaired) electrons. The van der Waals surface area contributed by atoms with E-state index in [0.717, 1.165) is 16.9 Å². The summed E-state index contributed by atoms with van der Waals surface area (Å²) in [5.41, 5.74) is 3.24. The summed E-state index contributed by atoms with van der Waals surface area (Å²) in [5, 5.41) is 2.96. The third-order valence-electron chi connectivity index (χ3n) is 3.61. The zero-order valence-corrected chi connectivity index (χ0v) is 13.4. The number of hydrogen-bond donors (Lipinski definition) is 1. The Bertz CT molecular complexity index is 808. The maximum Gasteiger partial charge on any atom is 0.272 e. The Morgan fingerprint density at radius 3 is 2.61 bits per heavy atom. The fraction of sp³-hybridized carbons (Fsp3) is 0.222. The molecule has 5 nitrogen and oxygen atoms in total. The lowest BCUT2D eigenvalue weighted by atomic mass is 10.2. The molecule has 3 aromatic rings. The van der Waals surface area contributed by atoms with Gasteiger partial charge in [0.2, 0.25) is 0 Å². The van der Waals surface area contributed by atoms with Gasteiger partial charge >= 0.3 is 0 Å². The first-order valence-corrected chi connectivity index (χ1v) is 7.58. The van der Waals surface area contributed by atoms with E-state index in [1.807, 2.05) is 78.1 Å². The van der Waals surface area contributed by atoms with E-state index in [-0.39, 0.29) is 5.91 Å². The number of carbonyl (C=O) groups excluding carboxylic acids is 1. The lowest BCUT2D eigenvalue weighted by Crippen LogP contribution is -2.25. The highest BCUT2D eigenvalue weighted by molar-refractivity contribution is 5.94. The molecule has 0 atom stereocenters. The molecule has 0 saturated heterocycles. The Hall–Kier alpha value is -2.66. The first-order chi connectivity index (χ1) is 11.1. The van der Waals surface area contributed by atoms with E-state index in [1.54, 1.807) is 0 Å². The minimum atomic E-state index is -0.144. The molecule has 0 spiro atoms. The van der Waals surface area contributed by atoms with Crippen molar-refractivity contribution in [3.63, 3.8) is 0 Å². The highest BCUT2D eigenvalue weighted by Gasteiger charge is 2.18. The van der Waals surface area contributed by atoms with Gasteiger partial charge in [0.15, 0.2) is 5.69 Å². The topological polar surface area (TPSA) is 49.6 Å². The quantitative estimate of drug-likeness (QED) is 0.787. The second-order valence-corrected chi connectivity index (χ2v) is 5.74. The van der Waals surface area contributed by atoms with Crippen LogP contribution in [0.15, 0.2) is 54.7 Å². The maximum atomic E-state index is 12.6. The summed E-state index contributed by atoms with van der Waals surface area (Å²) in [4.78, 5) is 19.1. The van der Waals surface area contributed by atoms with Crippen LogP contribution >= 0.6 is 0 Å². The third kappa shape index (κ3) is 3.40. The lowest BCUT2D eigenvalue weighted by Gasteiger charge is -2.11. The van der Waals surface area contributed by atoms with Gasteiger partial charge in [0, 0.05) is 19.3 Å². The van der Waals surface area contributed by atoms with Gasteiger partial charge in [-0.3, -0.25) is 4.79 Å². The van der Waals surface area contributed by atoms with Gasteiger partial charge in [0.1, 0.15) is 5.65 Å². The smallest absolute Gasteiger partial charge is 0.272 e. The van der Waals surface area contributed by atoms with Crippen LogP contribution in [0.4, 0.5) is 0 Å². The minimum Gasteiger partial charge on any atom is -0.347 e. The van der Waals surface area contributed by atoms with Gasteiger partial charge in [-0.05, 0) is 31.8 Å². The SMILES string of the molecule is CN(C)Cc1c(C(=O)NCc2ccccc2)nc2ccccn12. The number of nitrogens with one attached hydrogen (secondary N) is 1. The number of pyridine rings is 1. The van der Waals surface area contributed by atoms with E-state index in [1.165, 1.54) is 0 Å². The molecule has 0 bridgehead atoms. The summed E-state index contributed by atoms with van der Waals surface area (Å²) in [6.45, 7) is 1.15. The summed E-state index contributed by atoms with van der Waals surface area (Å²) in [6.07, 6.45) is 1.94. The largest absolute Gasteiger partial charge is 0.347 e. The monoisotopic (exact) mass is 308 g/mol. The number of amides is 1. The lowest BCUT2D eigenvalue weighted by molar-refractivity contribution is 0.0944. The van der Waals surface area contributed by atoms with E-state index < -0.39 is 0 Å². The van der Waals surface area contributed by atoms with Crippen LogP contribution in [-0.4, -0.2) is 34.3 Å². The van der Waals surface area contributed by atoms with Crippen LogP contribution in [0.2, 0.25) is 0 Å². The number of hydrogen-bond acceptors (Lipinski definition) is 3. The molecule has 23 heavy (non-hydrogen) atoms. The number of carbonyl (C=O) groups is 1. The number of rotatable bonds is 5. The molecule has 1 amide bonds. The summed E-state index contributed by atoms with van der Waals surface area (Å²) < 4.78 is 1.97. The summed E-state index contributed by atoms with van der Waals surface area (Å²) in [5.74, 6) is -0.144. The van der Waals surface area contributed by atoms with Crippen LogP contribution < -0.4 is 5.32 Å². The summed E-state index contributed by atoms with van der Waals surface area (Å²) in [6, 6.07) is 15.6. The third-order valence-corrected chi connectivity index (χ3v) is 3.61. The molecule has 1 aromatic carbocycles. The molecule has 2 heterocycles. The first-order valence-electron chi connectivity index (χ1n) is 7.58. The number of aromatic nitrogens is 2. The van der Waals surface area contributed by atoms with E-state index in [0.29, 0.717) is 18.8 Å². The first kappa shape index (κ1) is 15.2. The van der Waals surface area contributed by atoms with Crippen molar-refractivity contribution >= 4 is 11.6 Å². The molecule has 1 N–H and O–H groups in total. The Morgan fingerprint density at radius 2 is 1.87 bits per heavy atom. The fourth-order valence-corrected chi connectivity index (χ4v) is 2.54. The molecule has 2 aromatic heterocycles. The van der Waals surface area contributed by atoms with E-state index in [4.69, 9.17) is 0 Å². The van der Waals surface area contributed by atoms with Crippen molar-refractivity contribution in [1.82, 2.24) is 19.6 Å². The highest BCUT2D eigenvalue weighted by Crippen LogP contribution is 2.14. The Kier molecular flexibility index (Phi) is 4.39. The highest BCUT2D eigenvalue weighted by atomic mass is 16.1. The normalized spacial score (nSPS) is 11.1. The zero-order chi connectivity index (χ0) is 16.2. The molecule has 0 fully saturated rings. The van der Waals surface area contributed by atoms with Crippen LogP contribution in [0.1, 0.15) is 21.7 Å². The average molecular weight is 308 g/mol. The van der Waals surface area contributed by atoms with Gasteiger partial charge in [0.05, 0.1) is 5.69 Å². The van der Waals surface area contributed by atoms with Crippen molar-refractivity contribution in [2.75, 3.05) is 14.1 Å². The van der Waals surface area contributed by atoms with Crippen molar-refractivity contribution in [2.24, 2.45) is 0 Å². The second kappa shape index (κ2) is 6.62. The van der Waals surface area contributed by atoms with Crippen molar-refractivity contribution in [2.45, 2.75) is 13.1 Å². The molecule has 0 unspecified atom stereocenters. The zero-order valence-electron chi connectivity index (χ0n) is 13.4. The Labute approximate surface area is 135 Å². The van der Waals surface area contributed by atoms with Crippen molar-refractivity contribution in [3.05, 3.63) is 71.7 Å². The molecule has 0 aliphatic heterocycles. The van der Waals surface area contributed by atoms with Crippen molar-refractivity contribution in [3.8, 4) is 0 Å². The number of nitrogens with zero attached hydrogens (tertiary/aromatic N) is 3. The molecule has 5 heteroatoms. The van der Waals surface area contributed by atoms with E-state index in [2.05, 4.69) is 10.3 Å². The predicted octanol–water partition coefficient (Wildman–Crippen LogP) is 2.33. The van der Waals surface area contributed by atoms with Gasteiger partial charge in [-0.2, -0.15) is 0 Å². The number of fused-ring (bicyclic) bond motifs is 1. The molecular formula is C18H20N4O. The van der Waals surface area contributed by atoms with E-state index in [9.17, 15) is 4.79 Å². The summed E-state index contributed by atoms with van der Waals surface area (Å²) >= 11 is 0. The summed E-state index contributed by atoms with van der Waals surface area (Å²) in [7, 11) is 3.96. The van der Waals surface area contributed by atoms with Crippen LogP contribution in [0.5, 0.6) is 0 Å². The Morgan fingerprint density at radius 1 is 1.13 bits per heavy atom. The average Bonchev–Trinajstić information content (AvgIpc) is 2.92. The Balaban J connectivity index is 1.87. The van der Waals surface area contributed by atoms with Gasteiger partial charge in [-0.15, -0.1) is 0 Å². The molecule has 0 aliphatic carbocycles. The number of imidazole rings is 1.